The summed E-state index contributed by atoms with van der Waals surface area (Å²) in [5.41, 5.74) is 2.12. The summed E-state index contributed by atoms with van der Waals surface area (Å²) in [4.78, 5) is 108. The number of ketones is 1. The van der Waals surface area contributed by atoms with Crippen molar-refractivity contribution in [3.05, 3.63) is 89.0 Å². The quantitative estimate of drug-likeness (QED) is 0.0449. The number of fused-ring (bicyclic) bond motifs is 2. The highest BCUT2D eigenvalue weighted by atomic mass is 19.1. The van der Waals surface area contributed by atoms with Gasteiger partial charge in [0.25, 0.3) is 11.8 Å². The van der Waals surface area contributed by atoms with Gasteiger partial charge in [0.2, 0.25) is 23.7 Å². The van der Waals surface area contributed by atoms with Crippen molar-refractivity contribution in [1.82, 2.24) is 44.9 Å². The number of imide groups is 2. The summed E-state index contributed by atoms with van der Waals surface area (Å²) in [6.45, 7) is 9.26. The van der Waals surface area contributed by atoms with Crippen LogP contribution < -0.4 is 21.3 Å². The molecule has 0 bridgehead atoms. The zero-order valence-corrected chi connectivity index (χ0v) is 40.3. The normalized spacial score (nSPS) is 16.8. The van der Waals surface area contributed by atoms with E-state index < -0.39 is 53.4 Å². The molecular formula is C50H55F2N11O9. The number of hydrogen-bond acceptors (Lipinski definition) is 16. The number of hydrogen-bond donors (Lipinski definition) is 4. The SMILES string of the molecule is CC(=O)CCC(=O)O[C@@H](c1ccc(Nc2ncc(F)c(-c3cc(F)c4nc(C)n(C(C)C)c4c3)n2)nc1)C1CCN(CC(=O)NCCOCCNc2cccc3c2C(=O)N(C2CCC(=O)NC2=O)C3=O)CC1. The maximum Gasteiger partial charge on any atom is 0.306 e. The summed E-state index contributed by atoms with van der Waals surface area (Å²) >= 11 is 0. The van der Waals surface area contributed by atoms with E-state index in [1.165, 1.54) is 19.1 Å². The van der Waals surface area contributed by atoms with Crippen LogP contribution in [-0.4, -0.2) is 128 Å². The third kappa shape index (κ3) is 11.4. The van der Waals surface area contributed by atoms with Gasteiger partial charge in [-0.15, -0.1) is 0 Å². The Morgan fingerprint density at radius 2 is 1.68 bits per heavy atom. The van der Waals surface area contributed by atoms with Crippen molar-refractivity contribution in [3.63, 3.8) is 0 Å². The van der Waals surface area contributed by atoms with Crippen LogP contribution in [0.15, 0.2) is 54.9 Å². The molecule has 0 radical (unpaired) electrons. The number of Topliss-reactive ketones (excluding diaryl/α,β-unsaturated/α-hetero) is 1. The predicted octanol–water partition coefficient (Wildman–Crippen LogP) is 5.11. The van der Waals surface area contributed by atoms with E-state index in [-0.39, 0.29) is 116 Å². The molecule has 22 heteroatoms. The highest BCUT2D eigenvalue weighted by Crippen LogP contribution is 2.36. The summed E-state index contributed by atoms with van der Waals surface area (Å²) < 4.78 is 44.0. The Kier molecular flexibility index (Phi) is 15.7. The highest BCUT2D eigenvalue weighted by Gasteiger charge is 2.45. The van der Waals surface area contributed by atoms with E-state index >= 15 is 8.78 Å². The highest BCUT2D eigenvalue weighted by molar-refractivity contribution is 6.25. The molecule has 2 fully saturated rings. The Balaban J connectivity index is 0.809. The summed E-state index contributed by atoms with van der Waals surface area (Å²) in [6.07, 6.45) is 3.06. The number of ether oxygens (including phenoxy) is 2. The van der Waals surface area contributed by atoms with Crippen LogP contribution in [0.25, 0.3) is 22.3 Å². The van der Waals surface area contributed by atoms with Crippen molar-refractivity contribution < 1.29 is 51.8 Å². The molecule has 2 aromatic carbocycles. The minimum absolute atomic E-state index is 0.0136. The lowest BCUT2D eigenvalue weighted by Gasteiger charge is -2.35. The topological polar surface area (TPSA) is 249 Å². The van der Waals surface area contributed by atoms with E-state index in [9.17, 15) is 33.6 Å². The second kappa shape index (κ2) is 22.2. The maximum absolute atomic E-state index is 15.3. The minimum atomic E-state index is -1.07. The van der Waals surface area contributed by atoms with Crippen LogP contribution in [0.3, 0.4) is 0 Å². The number of benzene rings is 2. The number of nitrogens with one attached hydrogen (secondary N) is 4. The number of pyridine rings is 1. The molecule has 0 spiro atoms. The molecule has 1 unspecified atom stereocenters. The number of esters is 1. The number of piperidine rings is 2. The Morgan fingerprint density at radius 1 is 0.903 bits per heavy atom. The molecule has 6 heterocycles. The molecule has 72 heavy (non-hydrogen) atoms. The van der Waals surface area contributed by atoms with Crippen molar-refractivity contribution in [2.24, 2.45) is 5.92 Å². The van der Waals surface area contributed by atoms with Gasteiger partial charge in [-0.2, -0.15) is 0 Å². The first-order valence-electron chi connectivity index (χ1n) is 23.8. The Bertz CT molecular complexity index is 2920. The van der Waals surface area contributed by atoms with Gasteiger partial charge in [-0.05, 0) is 90.4 Å². The number of imidazole rings is 1. The van der Waals surface area contributed by atoms with Gasteiger partial charge in [-0.25, -0.2) is 28.7 Å². The standard InChI is InChI=1S/C50H55F2N11O9/c1-27(2)62-29(4)57-45-34(51)22-32(23-38(45)62)44-35(52)25-56-50(60-44)58-39-11-9-31(24-55-39)46(72-42(67)13-8-28(3)64)30-14-18-61(19-15-30)26-41(66)54-17-21-71-20-16-53-36-7-5-6-33-43(36)49(70)63(48(33)69)37-10-12-40(65)59-47(37)68/h5-7,9,11,22-25,27,30,37,46,53H,8,10,12-21,26H2,1-4H3,(H,54,66)(H,59,65,68)(H,55,56,58,60)/t37?,46-/m1/s1. The van der Waals surface area contributed by atoms with E-state index in [1.807, 2.05) is 23.3 Å². The van der Waals surface area contributed by atoms with Gasteiger partial charge in [0.05, 0.1) is 49.0 Å². The number of aromatic nitrogens is 5. The minimum Gasteiger partial charge on any atom is -0.457 e. The summed E-state index contributed by atoms with van der Waals surface area (Å²) in [7, 11) is 0. The molecule has 20 nitrogen and oxygen atoms in total. The van der Waals surface area contributed by atoms with E-state index in [4.69, 9.17) is 9.47 Å². The van der Waals surface area contributed by atoms with Crippen molar-refractivity contribution in [3.8, 4) is 11.3 Å². The van der Waals surface area contributed by atoms with Gasteiger partial charge >= 0.3 is 5.97 Å². The number of aryl methyl sites for hydroxylation is 1. The molecule has 3 aliphatic heterocycles. The maximum atomic E-state index is 15.3. The second-order valence-electron chi connectivity index (χ2n) is 18.2. The lowest BCUT2D eigenvalue weighted by Crippen LogP contribution is -2.54. The number of nitrogens with zero attached hydrogens (tertiary/aromatic N) is 7. The van der Waals surface area contributed by atoms with Crippen LogP contribution in [0.4, 0.5) is 26.2 Å². The molecular weight excluding hydrogens is 937 g/mol. The van der Waals surface area contributed by atoms with Crippen molar-refractivity contribution in [2.75, 3.05) is 56.6 Å². The number of likely N-dealkylation sites (tertiary alicyclic amines) is 1. The fourth-order valence-corrected chi connectivity index (χ4v) is 9.32. The van der Waals surface area contributed by atoms with Crippen molar-refractivity contribution in [1.29, 1.82) is 0 Å². The van der Waals surface area contributed by atoms with Gasteiger partial charge in [-0.3, -0.25) is 43.9 Å². The van der Waals surface area contributed by atoms with Crippen LogP contribution in [-0.2, 0) is 33.4 Å². The van der Waals surface area contributed by atoms with E-state index in [0.29, 0.717) is 54.3 Å². The van der Waals surface area contributed by atoms with Crippen molar-refractivity contribution >= 4 is 69.8 Å². The number of anilines is 3. The molecule has 3 aromatic heterocycles. The molecule has 5 amide bonds. The Hall–Kier alpha value is -7.59. The smallest absolute Gasteiger partial charge is 0.306 e. The Morgan fingerprint density at radius 3 is 2.40 bits per heavy atom. The molecule has 0 saturated carbocycles. The largest absolute Gasteiger partial charge is 0.457 e. The van der Waals surface area contributed by atoms with Crippen LogP contribution >= 0.6 is 0 Å². The molecule has 5 aromatic rings. The molecule has 378 valence electrons. The zero-order chi connectivity index (χ0) is 51.2. The molecule has 2 saturated heterocycles. The fraction of sp³-hybridized carbons (Fsp3) is 0.420. The lowest BCUT2D eigenvalue weighted by molar-refractivity contribution is -0.154. The number of halogens is 2. The van der Waals surface area contributed by atoms with Crippen molar-refractivity contribution in [2.45, 2.75) is 84.4 Å². The fourth-order valence-electron chi connectivity index (χ4n) is 9.32. The first kappa shape index (κ1) is 50.8. The number of carbonyl (C=O) groups excluding carboxylic acids is 7. The van der Waals surface area contributed by atoms with E-state index in [0.717, 1.165) is 11.1 Å². The van der Waals surface area contributed by atoms with Crippen LogP contribution in [0.2, 0.25) is 0 Å². The molecule has 3 aliphatic rings. The molecule has 2 atom stereocenters. The van der Waals surface area contributed by atoms with E-state index in [2.05, 4.69) is 41.2 Å². The summed E-state index contributed by atoms with van der Waals surface area (Å²) in [6, 6.07) is 9.94. The van der Waals surface area contributed by atoms with Crippen LogP contribution in [0.5, 0.6) is 0 Å². The molecule has 8 rings (SSSR count). The summed E-state index contributed by atoms with van der Waals surface area (Å²) in [5, 5.41) is 11.1. The van der Waals surface area contributed by atoms with Crippen LogP contribution in [0.1, 0.15) is 104 Å². The third-order valence-electron chi connectivity index (χ3n) is 12.8. The summed E-state index contributed by atoms with van der Waals surface area (Å²) in [5.74, 6) is -3.76. The van der Waals surface area contributed by atoms with Gasteiger partial charge in [0, 0.05) is 60.9 Å². The van der Waals surface area contributed by atoms with Gasteiger partial charge in [0.1, 0.15) is 40.8 Å². The molecule has 0 aliphatic carbocycles. The van der Waals surface area contributed by atoms with Crippen LogP contribution in [0, 0.1) is 24.5 Å². The number of rotatable bonds is 20. The van der Waals surface area contributed by atoms with E-state index in [1.54, 1.807) is 43.5 Å². The predicted molar refractivity (Wildman–Crippen MR) is 257 cm³/mol. The average molecular weight is 992 g/mol. The zero-order valence-electron chi connectivity index (χ0n) is 40.3. The van der Waals surface area contributed by atoms with Gasteiger partial charge in [0.15, 0.2) is 11.6 Å². The van der Waals surface area contributed by atoms with Gasteiger partial charge < -0.3 is 34.8 Å². The monoisotopic (exact) mass is 991 g/mol. The second-order valence-corrected chi connectivity index (χ2v) is 18.2. The lowest BCUT2D eigenvalue weighted by atomic mass is 9.87. The first-order valence-corrected chi connectivity index (χ1v) is 23.8. The first-order chi connectivity index (χ1) is 34.6. The van der Waals surface area contributed by atoms with Gasteiger partial charge in [-0.1, -0.05) is 12.1 Å². The Labute approximate surface area is 412 Å². The average Bonchev–Trinajstić information content (AvgIpc) is 3.83. The third-order valence-corrected chi connectivity index (χ3v) is 12.8. The number of carbonyl (C=O) groups is 7. The molecule has 4 N–H and O–H groups in total. The number of amides is 5.